The number of methoxy groups -OCH3 is 2. The monoisotopic (exact) mass is 328 g/mol. The van der Waals surface area contributed by atoms with E-state index in [1.54, 1.807) is 0 Å². The lowest BCUT2D eigenvalue weighted by Gasteiger charge is -2.23. The van der Waals surface area contributed by atoms with Crippen molar-refractivity contribution in [3.8, 4) is 0 Å². The van der Waals surface area contributed by atoms with E-state index in [0.29, 0.717) is 12.0 Å². The zero-order valence-electron chi connectivity index (χ0n) is 14.0. The minimum atomic E-state index is -1.33. The average Bonchev–Trinajstić information content (AvgIpc) is 3.08. The molecule has 0 bridgehead atoms. The molecule has 2 aliphatic carbocycles. The third-order valence-corrected chi connectivity index (χ3v) is 5.10. The zero-order chi connectivity index (χ0) is 17.5. The van der Waals surface area contributed by atoms with Crippen LogP contribution in [0.5, 0.6) is 0 Å². The molecule has 24 heavy (non-hydrogen) atoms. The maximum absolute atomic E-state index is 12.5. The van der Waals surface area contributed by atoms with Crippen molar-refractivity contribution in [2.24, 2.45) is 11.3 Å². The summed E-state index contributed by atoms with van der Waals surface area (Å²) in [6.45, 7) is 1.98. The maximum atomic E-state index is 12.5. The molecule has 126 valence electrons. The van der Waals surface area contributed by atoms with Crippen molar-refractivity contribution in [1.82, 2.24) is 0 Å². The first-order valence-electron chi connectivity index (χ1n) is 7.93. The van der Waals surface area contributed by atoms with E-state index >= 15 is 0 Å². The Kier molecular flexibility index (Phi) is 4.03. The SMILES string of the molecule is COC(=O)C1(C(=O)OC)CC2=C(c3ccc(C)cc3)C(=O)CC2C1. The van der Waals surface area contributed by atoms with Crippen molar-refractivity contribution < 1.29 is 23.9 Å². The van der Waals surface area contributed by atoms with Crippen LogP contribution >= 0.6 is 0 Å². The first-order chi connectivity index (χ1) is 11.4. The molecule has 0 radical (unpaired) electrons. The number of benzene rings is 1. The van der Waals surface area contributed by atoms with Crippen molar-refractivity contribution in [2.45, 2.75) is 26.2 Å². The standard InChI is InChI=1S/C19H20O5/c1-11-4-6-12(7-5-11)16-14-10-19(17(21)23-2,18(22)24-3)9-13(14)8-15(16)20/h4-7,13H,8-10H2,1-3H3. The Morgan fingerprint density at radius 2 is 1.67 bits per heavy atom. The molecule has 0 amide bonds. The molecule has 0 aliphatic heterocycles. The quantitative estimate of drug-likeness (QED) is 0.630. The number of allylic oxidation sites excluding steroid dienone is 2. The summed E-state index contributed by atoms with van der Waals surface area (Å²) in [5, 5.41) is 0. The van der Waals surface area contributed by atoms with Crippen LogP contribution in [0.15, 0.2) is 29.8 Å². The fourth-order valence-electron chi connectivity index (χ4n) is 3.93. The van der Waals surface area contributed by atoms with Crippen LogP contribution in [-0.4, -0.2) is 31.9 Å². The minimum absolute atomic E-state index is 0.0715. The van der Waals surface area contributed by atoms with Crippen molar-refractivity contribution in [3.05, 3.63) is 41.0 Å². The molecule has 1 aromatic rings. The molecular weight excluding hydrogens is 308 g/mol. The summed E-state index contributed by atoms with van der Waals surface area (Å²) in [5.41, 5.74) is 2.14. The van der Waals surface area contributed by atoms with Crippen LogP contribution in [0.3, 0.4) is 0 Å². The summed E-state index contributed by atoms with van der Waals surface area (Å²) in [4.78, 5) is 37.1. The van der Waals surface area contributed by atoms with Crippen LogP contribution in [-0.2, 0) is 23.9 Å². The molecule has 0 heterocycles. The van der Waals surface area contributed by atoms with Gasteiger partial charge in [-0.2, -0.15) is 0 Å². The van der Waals surface area contributed by atoms with E-state index < -0.39 is 17.4 Å². The van der Waals surface area contributed by atoms with Gasteiger partial charge in [0.25, 0.3) is 0 Å². The van der Waals surface area contributed by atoms with Gasteiger partial charge in [-0.25, -0.2) is 0 Å². The molecule has 5 nitrogen and oxygen atoms in total. The van der Waals surface area contributed by atoms with Crippen molar-refractivity contribution in [2.75, 3.05) is 14.2 Å². The lowest BCUT2D eigenvalue weighted by atomic mass is 9.83. The molecule has 1 aromatic carbocycles. The first-order valence-corrected chi connectivity index (χ1v) is 7.93. The Hall–Kier alpha value is -2.43. The van der Waals surface area contributed by atoms with E-state index in [1.807, 2.05) is 31.2 Å². The third kappa shape index (κ3) is 2.35. The molecule has 0 aromatic heterocycles. The predicted octanol–water partition coefficient (Wildman–Crippen LogP) is 2.46. The summed E-state index contributed by atoms with van der Waals surface area (Å²) >= 11 is 0. The topological polar surface area (TPSA) is 69.7 Å². The molecule has 1 atom stereocenters. The van der Waals surface area contributed by atoms with Gasteiger partial charge in [-0.1, -0.05) is 35.4 Å². The Morgan fingerprint density at radius 1 is 1.08 bits per heavy atom. The molecule has 1 saturated carbocycles. The lowest BCUT2D eigenvalue weighted by Crippen LogP contribution is -2.39. The Labute approximate surface area is 140 Å². The van der Waals surface area contributed by atoms with Crippen molar-refractivity contribution in [3.63, 3.8) is 0 Å². The number of esters is 2. The highest BCUT2D eigenvalue weighted by atomic mass is 16.5. The van der Waals surface area contributed by atoms with Gasteiger partial charge in [0.1, 0.15) is 0 Å². The fourth-order valence-corrected chi connectivity index (χ4v) is 3.93. The first kappa shape index (κ1) is 16.4. The Morgan fingerprint density at radius 3 is 2.21 bits per heavy atom. The number of ketones is 1. The molecule has 1 fully saturated rings. The van der Waals surface area contributed by atoms with Crippen molar-refractivity contribution >= 4 is 23.3 Å². The van der Waals surface area contributed by atoms with Gasteiger partial charge in [-0.3, -0.25) is 14.4 Å². The fraction of sp³-hybridized carbons (Fsp3) is 0.421. The number of carbonyl (C=O) groups is 3. The van der Waals surface area contributed by atoms with E-state index in [9.17, 15) is 14.4 Å². The lowest BCUT2D eigenvalue weighted by molar-refractivity contribution is -0.168. The smallest absolute Gasteiger partial charge is 0.323 e. The molecule has 1 unspecified atom stereocenters. The molecule has 0 saturated heterocycles. The van der Waals surface area contributed by atoms with E-state index in [-0.39, 0.29) is 24.5 Å². The van der Waals surface area contributed by atoms with Gasteiger partial charge in [0.2, 0.25) is 0 Å². The summed E-state index contributed by atoms with van der Waals surface area (Å²) in [5.74, 6) is -1.21. The molecule has 2 aliphatic rings. The van der Waals surface area contributed by atoms with Crippen LogP contribution in [0.1, 0.15) is 30.4 Å². The number of Topliss-reactive ketones (excluding diaryl/α,β-unsaturated/α-hetero) is 1. The number of fused-ring (bicyclic) bond motifs is 1. The molecule has 0 spiro atoms. The number of hydrogen-bond acceptors (Lipinski definition) is 5. The summed E-state index contributed by atoms with van der Waals surface area (Å²) < 4.78 is 9.72. The molecular formula is C19H20O5. The van der Waals surface area contributed by atoms with Gasteiger partial charge in [-0.15, -0.1) is 0 Å². The van der Waals surface area contributed by atoms with E-state index in [0.717, 1.165) is 16.7 Å². The second-order valence-corrected chi connectivity index (χ2v) is 6.54. The number of aryl methyl sites for hydroxylation is 1. The number of rotatable bonds is 3. The molecule has 5 heteroatoms. The van der Waals surface area contributed by atoms with Crippen LogP contribution in [0.4, 0.5) is 0 Å². The average molecular weight is 328 g/mol. The Balaban J connectivity index is 2.07. The zero-order valence-corrected chi connectivity index (χ0v) is 14.0. The van der Waals surface area contributed by atoms with E-state index in [1.165, 1.54) is 14.2 Å². The summed E-state index contributed by atoms with van der Waals surface area (Å²) in [7, 11) is 2.53. The van der Waals surface area contributed by atoms with Gasteiger partial charge >= 0.3 is 11.9 Å². The Bertz CT molecular complexity index is 726. The number of ether oxygens (including phenoxy) is 2. The molecule has 0 N–H and O–H groups in total. The second-order valence-electron chi connectivity index (χ2n) is 6.54. The van der Waals surface area contributed by atoms with Crippen LogP contribution in [0.25, 0.3) is 5.57 Å². The van der Waals surface area contributed by atoms with Gasteiger partial charge in [-0.05, 0) is 31.2 Å². The van der Waals surface area contributed by atoms with Gasteiger partial charge in [0.05, 0.1) is 14.2 Å². The third-order valence-electron chi connectivity index (χ3n) is 5.10. The highest BCUT2D eigenvalue weighted by molar-refractivity contribution is 6.24. The van der Waals surface area contributed by atoms with Crippen molar-refractivity contribution in [1.29, 1.82) is 0 Å². The maximum Gasteiger partial charge on any atom is 0.323 e. The van der Waals surface area contributed by atoms with E-state index in [4.69, 9.17) is 9.47 Å². The second kappa shape index (κ2) is 5.89. The number of hydrogen-bond donors (Lipinski definition) is 0. The van der Waals surface area contributed by atoms with Crippen LogP contribution in [0, 0.1) is 18.3 Å². The van der Waals surface area contributed by atoms with Crippen LogP contribution in [0.2, 0.25) is 0 Å². The number of carbonyl (C=O) groups excluding carboxylic acids is 3. The van der Waals surface area contributed by atoms with Gasteiger partial charge in [0.15, 0.2) is 11.2 Å². The molecule has 3 rings (SSSR count). The highest BCUT2D eigenvalue weighted by Crippen LogP contribution is 2.54. The highest BCUT2D eigenvalue weighted by Gasteiger charge is 2.58. The van der Waals surface area contributed by atoms with Crippen LogP contribution < -0.4 is 0 Å². The van der Waals surface area contributed by atoms with Gasteiger partial charge < -0.3 is 9.47 Å². The largest absolute Gasteiger partial charge is 0.468 e. The van der Waals surface area contributed by atoms with Gasteiger partial charge in [0, 0.05) is 12.0 Å². The summed E-state index contributed by atoms with van der Waals surface area (Å²) in [6, 6.07) is 7.72. The van der Waals surface area contributed by atoms with E-state index in [2.05, 4.69) is 0 Å². The summed E-state index contributed by atoms with van der Waals surface area (Å²) in [6.07, 6.45) is 0.781. The normalized spacial score (nSPS) is 21.6. The minimum Gasteiger partial charge on any atom is -0.468 e. The predicted molar refractivity (Wildman–Crippen MR) is 86.9 cm³/mol.